The van der Waals surface area contributed by atoms with Crippen LogP contribution in [0.1, 0.15) is 39.0 Å². The van der Waals surface area contributed by atoms with Crippen molar-refractivity contribution in [1.82, 2.24) is 15.0 Å². The molecule has 0 spiro atoms. The number of rotatable bonds is 3. The van der Waals surface area contributed by atoms with Crippen molar-refractivity contribution >= 4 is 23.5 Å². The van der Waals surface area contributed by atoms with Gasteiger partial charge in [0, 0.05) is 13.1 Å². The van der Waals surface area contributed by atoms with E-state index in [-0.39, 0.29) is 5.28 Å². The third kappa shape index (κ3) is 3.70. The van der Waals surface area contributed by atoms with E-state index in [2.05, 4.69) is 32.5 Å². The van der Waals surface area contributed by atoms with Crippen LogP contribution in [0.25, 0.3) is 0 Å². The van der Waals surface area contributed by atoms with Gasteiger partial charge in [0.1, 0.15) is 0 Å². The van der Waals surface area contributed by atoms with Crippen molar-refractivity contribution in [2.24, 2.45) is 5.92 Å². The number of halogens is 1. The standard InChI is InChI=1S/C12H20ClN5/c1-8-4-3-5-9(7-6-8)15-12-17-10(13)16-11(14-2)18-12/h8-9H,3-7H2,1-2H3,(H2,14,15,16,17,18). The fourth-order valence-electron chi connectivity index (χ4n) is 2.34. The summed E-state index contributed by atoms with van der Waals surface area (Å²) in [4.78, 5) is 12.4. The lowest BCUT2D eigenvalue weighted by atomic mass is 10.0. The molecule has 2 atom stereocenters. The molecule has 100 valence electrons. The summed E-state index contributed by atoms with van der Waals surface area (Å²) in [5.41, 5.74) is 0. The van der Waals surface area contributed by atoms with Crippen molar-refractivity contribution in [3.63, 3.8) is 0 Å². The normalized spacial score (nSPS) is 24.4. The molecule has 0 bridgehead atoms. The lowest BCUT2D eigenvalue weighted by molar-refractivity contribution is 0.501. The second-order valence-corrected chi connectivity index (χ2v) is 5.29. The molecule has 1 aromatic heterocycles. The van der Waals surface area contributed by atoms with Crippen molar-refractivity contribution in [2.75, 3.05) is 17.7 Å². The van der Waals surface area contributed by atoms with Crippen LogP contribution in [0.2, 0.25) is 5.28 Å². The minimum Gasteiger partial charge on any atom is -0.357 e. The number of hydrogen-bond acceptors (Lipinski definition) is 5. The summed E-state index contributed by atoms with van der Waals surface area (Å²) in [7, 11) is 1.77. The summed E-state index contributed by atoms with van der Waals surface area (Å²) in [6, 6.07) is 0.443. The second kappa shape index (κ2) is 6.18. The average Bonchev–Trinajstić information content (AvgIpc) is 2.54. The van der Waals surface area contributed by atoms with Gasteiger partial charge in [-0.2, -0.15) is 15.0 Å². The topological polar surface area (TPSA) is 62.7 Å². The molecule has 0 radical (unpaired) electrons. The summed E-state index contributed by atoms with van der Waals surface area (Å²) in [5.74, 6) is 1.89. The maximum Gasteiger partial charge on any atom is 0.229 e. The Bertz CT molecular complexity index is 398. The van der Waals surface area contributed by atoms with Crippen molar-refractivity contribution in [3.8, 4) is 0 Å². The van der Waals surface area contributed by atoms with E-state index < -0.39 is 0 Å². The largest absolute Gasteiger partial charge is 0.357 e. The first kappa shape index (κ1) is 13.3. The zero-order chi connectivity index (χ0) is 13.0. The summed E-state index contributed by atoms with van der Waals surface area (Å²) in [5, 5.41) is 6.47. The van der Waals surface area contributed by atoms with Crippen molar-refractivity contribution < 1.29 is 0 Å². The van der Waals surface area contributed by atoms with Gasteiger partial charge in [-0.25, -0.2) is 0 Å². The highest BCUT2D eigenvalue weighted by Crippen LogP contribution is 2.24. The van der Waals surface area contributed by atoms with Crippen LogP contribution in [0.15, 0.2) is 0 Å². The molecule has 6 heteroatoms. The van der Waals surface area contributed by atoms with E-state index in [4.69, 9.17) is 11.6 Å². The van der Waals surface area contributed by atoms with Gasteiger partial charge in [0.05, 0.1) is 0 Å². The maximum absolute atomic E-state index is 5.86. The highest BCUT2D eigenvalue weighted by molar-refractivity contribution is 6.28. The highest BCUT2D eigenvalue weighted by Gasteiger charge is 2.17. The maximum atomic E-state index is 5.86. The van der Waals surface area contributed by atoms with E-state index in [0.717, 1.165) is 5.92 Å². The van der Waals surface area contributed by atoms with Crippen LogP contribution in [-0.4, -0.2) is 28.0 Å². The SMILES string of the molecule is CNc1nc(Cl)nc(NC2CCCC(C)CC2)n1. The lowest BCUT2D eigenvalue weighted by Gasteiger charge is -2.16. The van der Waals surface area contributed by atoms with Gasteiger partial charge in [-0.05, 0) is 36.8 Å². The first-order valence-electron chi connectivity index (χ1n) is 6.53. The smallest absolute Gasteiger partial charge is 0.229 e. The predicted octanol–water partition coefficient (Wildman–Crippen LogP) is 2.95. The number of hydrogen-bond donors (Lipinski definition) is 2. The van der Waals surface area contributed by atoms with Crippen LogP contribution in [0.5, 0.6) is 0 Å². The van der Waals surface area contributed by atoms with Crippen molar-refractivity contribution in [3.05, 3.63) is 5.28 Å². The van der Waals surface area contributed by atoms with Crippen LogP contribution < -0.4 is 10.6 Å². The molecule has 1 heterocycles. The summed E-state index contributed by atoms with van der Waals surface area (Å²) >= 11 is 5.86. The molecule has 2 unspecified atom stereocenters. The Morgan fingerprint density at radius 3 is 2.61 bits per heavy atom. The van der Waals surface area contributed by atoms with Crippen LogP contribution in [-0.2, 0) is 0 Å². The van der Waals surface area contributed by atoms with E-state index in [9.17, 15) is 0 Å². The van der Waals surface area contributed by atoms with Gasteiger partial charge in [0.2, 0.25) is 17.2 Å². The Labute approximate surface area is 113 Å². The molecule has 0 amide bonds. The predicted molar refractivity (Wildman–Crippen MR) is 74.0 cm³/mol. The van der Waals surface area contributed by atoms with Gasteiger partial charge in [-0.1, -0.05) is 19.8 Å². The number of anilines is 2. The van der Waals surface area contributed by atoms with Gasteiger partial charge in [-0.15, -0.1) is 0 Å². The van der Waals surface area contributed by atoms with E-state index in [1.807, 2.05) is 0 Å². The molecule has 2 rings (SSSR count). The molecule has 1 aliphatic rings. The Hall–Kier alpha value is -1.10. The van der Waals surface area contributed by atoms with E-state index in [0.29, 0.717) is 17.9 Å². The molecule has 1 aromatic rings. The van der Waals surface area contributed by atoms with Crippen LogP contribution in [0.3, 0.4) is 0 Å². The van der Waals surface area contributed by atoms with E-state index >= 15 is 0 Å². The molecule has 0 aromatic carbocycles. The Kier molecular flexibility index (Phi) is 4.58. The monoisotopic (exact) mass is 269 g/mol. The molecule has 5 nitrogen and oxygen atoms in total. The summed E-state index contributed by atoms with van der Waals surface area (Å²) < 4.78 is 0. The van der Waals surface area contributed by atoms with Crippen LogP contribution >= 0.6 is 11.6 Å². The first-order valence-corrected chi connectivity index (χ1v) is 6.91. The minimum absolute atomic E-state index is 0.221. The van der Waals surface area contributed by atoms with Crippen molar-refractivity contribution in [1.29, 1.82) is 0 Å². The Morgan fingerprint density at radius 2 is 1.83 bits per heavy atom. The molecule has 0 saturated heterocycles. The zero-order valence-corrected chi connectivity index (χ0v) is 11.7. The zero-order valence-electron chi connectivity index (χ0n) is 10.9. The molecule has 2 N–H and O–H groups in total. The van der Waals surface area contributed by atoms with Gasteiger partial charge in [0.15, 0.2) is 0 Å². The fourth-order valence-corrected chi connectivity index (χ4v) is 2.50. The third-order valence-electron chi connectivity index (χ3n) is 3.42. The van der Waals surface area contributed by atoms with E-state index in [1.54, 1.807) is 7.05 Å². The molecule has 1 fully saturated rings. The van der Waals surface area contributed by atoms with Gasteiger partial charge < -0.3 is 10.6 Å². The van der Waals surface area contributed by atoms with Crippen LogP contribution in [0.4, 0.5) is 11.9 Å². The minimum atomic E-state index is 0.221. The number of nitrogens with zero attached hydrogens (tertiary/aromatic N) is 3. The molecule has 18 heavy (non-hydrogen) atoms. The molecule has 1 aliphatic carbocycles. The molecular weight excluding hydrogens is 250 g/mol. The molecule has 0 aliphatic heterocycles. The third-order valence-corrected chi connectivity index (χ3v) is 3.59. The Morgan fingerprint density at radius 1 is 1.06 bits per heavy atom. The quantitative estimate of drug-likeness (QED) is 0.826. The summed E-state index contributed by atoms with van der Waals surface area (Å²) in [6.07, 6.45) is 6.17. The van der Waals surface area contributed by atoms with Gasteiger partial charge >= 0.3 is 0 Å². The van der Waals surface area contributed by atoms with Gasteiger partial charge in [-0.3, -0.25) is 0 Å². The van der Waals surface area contributed by atoms with Gasteiger partial charge in [0.25, 0.3) is 0 Å². The summed E-state index contributed by atoms with van der Waals surface area (Å²) in [6.45, 7) is 2.32. The second-order valence-electron chi connectivity index (χ2n) is 4.96. The Balaban J connectivity index is 2.01. The number of aromatic nitrogens is 3. The first-order chi connectivity index (χ1) is 8.67. The lowest BCUT2D eigenvalue weighted by Crippen LogP contribution is -2.20. The van der Waals surface area contributed by atoms with Crippen LogP contribution in [0, 0.1) is 5.92 Å². The molecular formula is C12H20ClN5. The van der Waals surface area contributed by atoms with E-state index in [1.165, 1.54) is 32.1 Å². The number of nitrogens with one attached hydrogen (secondary N) is 2. The highest BCUT2D eigenvalue weighted by atomic mass is 35.5. The fraction of sp³-hybridized carbons (Fsp3) is 0.750. The molecule has 1 saturated carbocycles. The van der Waals surface area contributed by atoms with Crippen molar-refractivity contribution in [2.45, 2.75) is 45.1 Å². The average molecular weight is 270 g/mol.